The van der Waals surface area contributed by atoms with Gasteiger partial charge in [-0.1, -0.05) is 29.8 Å². The molecule has 0 saturated carbocycles. The lowest BCUT2D eigenvalue weighted by Crippen LogP contribution is -2.38. The fraction of sp³-hybridized carbons (Fsp3) is 0.474. The molecule has 2 N–H and O–H groups in total. The van der Waals surface area contributed by atoms with E-state index < -0.39 is 0 Å². The minimum atomic E-state index is 0. The first-order chi connectivity index (χ1) is 11.6. The number of aliphatic imine (C=N–C) groups is 1. The summed E-state index contributed by atoms with van der Waals surface area (Å²) >= 11 is 0. The van der Waals surface area contributed by atoms with Gasteiger partial charge >= 0.3 is 0 Å². The molecule has 1 aromatic heterocycles. The van der Waals surface area contributed by atoms with Gasteiger partial charge in [-0.3, -0.25) is 4.68 Å². The summed E-state index contributed by atoms with van der Waals surface area (Å²) in [5, 5.41) is 11.2. The Hall–Kier alpha value is -1.57. The topological polar surface area (TPSA) is 54.2 Å². The number of halogens is 1. The second kappa shape index (κ2) is 11.1. The van der Waals surface area contributed by atoms with E-state index in [2.05, 4.69) is 76.5 Å². The Morgan fingerprint density at radius 1 is 1.16 bits per heavy atom. The smallest absolute Gasteiger partial charge is 0.191 e. The third-order valence-electron chi connectivity index (χ3n) is 3.79. The van der Waals surface area contributed by atoms with Gasteiger partial charge in [0.15, 0.2) is 5.96 Å². The van der Waals surface area contributed by atoms with Crippen LogP contribution in [0.2, 0.25) is 0 Å². The van der Waals surface area contributed by atoms with E-state index in [1.807, 2.05) is 6.92 Å². The van der Waals surface area contributed by atoms with Gasteiger partial charge in [0.2, 0.25) is 0 Å². The molecule has 1 heterocycles. The zero-order chi connectivity index (χ0) is 17.4. The number of aromatic nitrogens is 2. The molecule has 2 rings (SSSR count). The molecular weight excluding hydrogens is 425 g/mol. The fourth-order valence-electron chi connectivity index (χ4n) is 2.66. The zero-order valence-corrected chi connectivity index (χ0v) is 18.0. The van der Waals surface area contributed by atoms with Gasteiger partial charge < -0.3 is 10.6 Å². The van der Waals surface area contributed by atoms with Crippen molar-refractivity contribution in [1.29, 1.82) is 0 Å². The summed E-state index contributed by atoms with van der Waals surface area (Å²) in [4.78, 5) is 4.66. The first kappa shape index (κ1) is 21.5. The largest absolute Gasteiger partial charge is 0.357 e. The van der Waals surface area contributed by atoms with Crippen molar-refractivity contribution in [2.24, 2.45) is 4.99 Å². The van der Waals surface area contributed by atoms with Gasteiger partial charge in [-0.15, -0.1) is 24.0 Å². The quantitative estimate of drug-likeness (QED) is 0.291. The van der Waals surface area contributed by atoms with Crippen LogP contribution in [0.4, 0.5) is 0 Å². The third-order valence-corrected chi connectivity index (χ3v) is 3.79. The maximum atomic E-state index is 4.66. The average Bonchev–Trinajstić information content (AvgIpc) is 2.87. The first-order valence-electron chi connectivity index (χ1n) is 8.67. The number of benzene rings is 1. The minimum absolute atomic E-state index is 0. The number of hydrogen-bond donors (Lipinski definition) is 2. The molecule has 2 aromatic rings. The molecule has 0 amide bonds. The Morgan fingerprint density at radius 3 is 2.60 bits per heavy atom. The molecule has 5 nitrogen and oxygen atoms in total. The van der Waals surface area contributed by atoms with Crippen molar-refractivity contribution >= 4 is 29.9 Å². The Labute approximate surface area is 168 Å². The highest BCUT2D eigenvalue weighted by Gasteiger charge is 2.01. The van der Waals surface area contributed by atoms with E-state index >= 15 is 0 Å². The van der Waals surface area contributed by atoms with Crippen LogP contribution in [0.3, 0.4) is 0 Å². The molecule has 0 radical (unpaired) electrons. The second-order valence-electron chi connectivity index (χ2n) is 6.11. The molecule has 0 atom stereocenters. The summed E-state index contributed by atoms with van der Waals surface area (Å²) in [6.07, 6.45) is 1.01. The molecule has 25 heavy (non-hydrogen) atoms. The number of nitrogens with zero attached hydrogens (tertiary/aromatic N) is 3. The van der Waals surface area contributed by atoms with E-state index in [1.54, 1.807) is 0 Å². The average molecular weight is 455 g/mol. The molecule has 0 aliphatic rings. The van der Waals surface area contributed by atoms with E-state index in [9.17, 15) is 0 Å². The predicted octanol–water partition coefficient (Wildman–Crippen LogP) is 3.57. The Kier molecular flexibility index (Phi) is 9.55. The summed E-state index contributed by atoms with van der Waals surface area (Å²) in [6.45, 7) is 11.7. The minimum Gasteiger partial charge on any atom is -0.357 e. The van der Waals surface area contributed by atoms with Crippen LogP contribution in [0.1, 0.15) is 35.9 Å². The lowest BCUT2D eigenvalue weighted by Gasteiger charge is -2.12. The monoisotopic (exact) mass is 455 g/mol. The molecule has 6 heteroatoms. The Bertz CT molecular complexity index is 678. The number of guanidine groups is 1. The van der Waals surface area contributed by atoms with E-state index in [-0.39, 0.29) is 24.0 Å². The zero-order valence-electron chi connectivity index (χ0n) is 15.7. The van der Waals surface area contributed by atoms with E-state index in [4.69, 9.17) is 0 Å². The van der Waals surface area contributed by atoms with Crippen LogP contribution in [0.25, 0.3) is 0 Å². The van der Waals surface area contributed by atoms with E-state index in [1.165, 1.54) is 16.8 Å². The maximum Gasteiger partial charge on any atom is 0.191 e. The number of nitrogens with one attached hydrogen (secondary N) is 2. The van der Waals surface area contributed by atoms with Crippen LogP contribution >= 0.6 is 24.0 Å². The molecule has 0 aliphatic carbocycles. The molecule has 0 fully saturated rings. The molecule has 0 bridgehead atoms. The highest BCUT2D eigenvalue weighted by molar-refractivity contribution is 14.0. The third kappa shape index (κ3) is 7.46. The molecule has 0 aliphatic heterocycles. The number of rotatable bonds is 7. The van der Waals surface area contributed by atoms with Gasteiger partial charge in [-0.05, 0) is 45.7 Å². The van der Waals surface area contributed by atoms with Crippen LogP contribution in [0.15, 0.2) is 35.3 Å². The van der Waals surface area contributed by atoms with Crippen molar-refractivity contribution < 1.29 is 0 Å². The standard InChI is InChI=1S/C19H29N5.HI/c1-5-20-19(22-14-18-9-6-8-15(2)12-18)21-10-7-11-24-17(4)13-16(3)23-24;/h6,8-9,12-13H,5,7,10-11,14H2,1-4H3,(H2,20,21,22);1H. The molecular formula is C19H30IN5. The predicted molar refractivity (Wildman–Crippen MR) is 116 cm³/mol. The van der Waals surface area contributed by atoms with Crippen LogP contribution < -0.4 is 10.6 Å². The lowest BCUT2D eigenvalue weighted by atomic mass is 10.1. The van der Waals surface area contributed by atoms with Crippen LogP contribution in [0.5, 0.6) is 0 Å². The molecule has 0 saturated heterocycles. The summed E-state index contributed by atoms with van der Waals surface area (Å²) < 4.78 is 2.06. The Balaban J connectivity index is 0.00000312. The summed E-state index contributed by atoms with van der Waals surface area (Å²) in [5.41, 5.74) is 4.79. The van der Waals surface area contributed by atoms with Gasteiger partial charge in [0, 0.05) is 25.3 Å². The number of hydrogen-bond acceptors (Lipinski definition) is 2. The van der Waals surface area contributed by atoms with Crippen molar-refractivity contribution in [3.05, 3.63) is 52.8 Å². The highest BCUT2D eigenvalue weighted by Crippen LogP contribution is 2.05. The van der Waals surface area contributed by atoms with Gasteiger partial charge in [0.05, 0.1) is 12.2 Å². The van der Waals surface area contributed by atoms with Crippen LogP contribution in [0, 0.1) is 20.8 Å². The van der Waals surface area contributed by atoms with E-state index in [0.717, 1.165) is 37.7 Å². The van der Waals surface area contributed by atoms with Crippen molar-refractivity contribution in [2.45, 2.75) is 47.2 Å². The molecule has 1 aromatic carbocycles. The van der Waals surface area contributed by atoms with E-state index in [0.29, 0.717) is 6.54 Å². The Morgan fingerprint density at radius 2 is 1.96 bits per heavy atom. The molecule has 0 unspecified atom stereocenters. The van der Waals surface area contributed by atoms with Crippen LogP contribution in [-0.2, 0) is 13.1 Å². The summed E-state index contributed by atoms with van der Waals surface area (Å²) in [5.74, 6) is 0.868. The van der Waals surface area contributed by atoms with Crippen molar-refractivity contribution in [1.82, 2.24) is 20.4 Å². The van der Waals surface area contributed by atoms with Crippen molar-refractivity contribution in [3.8, 4) is 0 Å². The van der Waals surface area contributed by atoms with Gasteiger partial charge in [-0.2, -0.15) is 5.10 Å². The van der Waals surface area contributed by atoms with Crippen molar-refractivity contribution in [3.63, 3.8) is 0 Å². The lowest BCUT2D eigenvalue weighted by molar-refractivity contribution is 0.555. The second-order valence-corrected chi connectivity index (χ2v) is 6.11. The fourth-order valence-corrected chi connectivity index (χ4v) is 2.66. The van der Waals surface area contributed by atoms with Crippen molar-refractivity contribution in [2.75, 3.05) is 13.1 Å². The first-order valence-corrected chi connectivity index (χ1v) is 8.67. The normalized spacial score (nSPS) is 11.1. The molecule has 138 valence electrons. The highest BCUT2D eigenvalue weighted by atomic mass is 127. The van der Waals surface area contributed by atoms with Gasteiger partial charge in [0.1, 0.15) is 0 Å². The van der Waals surface area contributed by atoms with Gasteiger partial charge in [-0.25, -0.2) is 4.99 Å². The summed E-state index contributed by atoms with van der Waals surface area (Å²) in [7, 11) is 0. The van der Waals surface area contributed by atoms with Gasteiger partial charge in [0.25, 0.3) is 0 Å². The summed E-state index contributed by atoms with van der Waals surface area (Å²) in [6, 6.07) is 10.6. The van der Waals surface area contributed by atoms with Crippen LogP contribution in [-0.4, -0.2) is 28.8 Å². The molecule has 0 spiro atoms. The maximum absolute atomic E-state index is 4.66. The number of aryl methyl sites for hydroxylation is 4. The SMILES string of the molecule is CCNC(=NCc1cccc(C)c1)NCCCn1nc(C)cc1C.I.